The van der Waals surface area contributed by atoms with Crippen molar-refractivity contribution in [2.45, 2.75) is 19.2 Å². The predicted molar refractivity (Wildman–Crippen MR) is 89.0 cm³/mol. The molecule has 1 atom stereocenters. The molecule has 0 aliphatic rings. The van der Waals surface area contributed by atoms with E-state index in [1.54, 1.807) is 18.2 Å². The van der Waals surface area contributed by atoms with Gasteiger partial charge < -0.3 is 10.4 Å². The Bertz CT molecular complexity index is 896. The number of halogens is 2. The zero-order chi connectivity index (χ0) is 18.5. The average molecular weight is 358 g/mol. The first-order valence-electron chi connectivity index (χ1n) is 7.87. The molecule has 0 unspecified atom stereocenters. The minimum Gasteiger partial charge on any atom is -0.386 e. The van der Waals surface area contributed by atoms with Crippen molar-refractivity contribution in [3.8, 4) is 0 Å². The van der Waals surface area contributed by atoms with Gasteiger partial charge in [-0.25, -0.2) is 18.4 Å². The Morgan fingerprint density at radius 1 is 1.15 bits per heavy atom. The maximum absolute atomic E-state index is 13.5. The predicted octanol–water partition coefficient (Wildman–Crippen LogP) is 2.22. The molecule has 0 bridgehead atoms. The quantitative estimate of drug-likeness (QED) is 0.708. The number of carbonyl (C=O) groups excluding carboxylic acids is 1. The molecule has 134 valence electrons. The molecule has 2 aromatic carbocycles. The van der Waals surface area contributed by atoms with Crippen molar-refractivity contribution in [3.63, 3.8) is 0 Å². The number of hydrogen-bond acceptors (Lipinski definition) is 4. The maximum Gasteiger partial charge on any atom is 0.291 e. The number of nitrogens with one attached hydrogen (secondary N) is 1. The van der Waals surface area contributed by atoms with E-state index in [2.05, 4.69) is 15.4 Å². The highest BCUT2D eigenvalue weighted by atomic mass is 19.1. The highest BCUT2D eigenvalue weighted by Gasteiger charge is 2.14. The Balaban J connectivity index is 1.59. The van der Waals surface area contributed by atoms with Gasteiger partial charge in [-0.3, -0.25) is 4.79 Å². The third-order valence-electron chi connectivity index (χ3n) is 3.75. The van der Waals surface area contributed by atoms with E-state index in [1.807, 2.05) is 0 Å². The molecule has 0 aliphatic carbocycles. The standard InChI is InChI=1S/C18H16F2N4O2/c19-14-7-5-12(6-8-14)16(25)10-24-11-22-17(23-24)18(26)21-9-13-3-1-2-4-15(13)20/h1-8,11,16,25H,9-10H2,(H,21,26)/t16-/m0/s1. The van der Waals surface area contributed by atoms with Crippen molar-refractivity contribution in [2.75, 3.05) is 0 Å². The van der Waals surface area contributed by atoms with Gasteiger partial charge in [0.25, 0.3) is 5.91 Å². The van der Waals surface area contributed by atoms with Gasteiger partial charge in [0.05, 0.1) is 12.6 Å². The lowest BCUT2D eigenvalue weighted by atomic mass is 10.1. The van der Waals surface area contributed by atoms with Crippen LogP contribution in [0.4, 0.5) is 8.78 Å². The number of carbonyl (C=O) groups is 1. The minimum atomic E-state index is -0.924. The molecule has 0 aliphatic heterocycles. The number of aliphatic hydroxyl groups excluding tert-OH is 1. The molecule has 0 saturated heterocycles. The fourth-order valence-corrected chi connectivity index (χ4v) is 2.35. The molecule has 1 aromatic heterocycles. The second-order valence-corrected chi connectivity index (χ2v) is 5.63. The van der Waals surface area contributed by atoms with Gasteiger partial charge in [-0.2, -0.15) is 0 Å². The fourth-order valence-electron chi connectivity index (χ4n) is 2.35. The topological polar surface area (TPSA) is 80.0 Å². The molecule has 0 spiro atoms. The zero-order valence-electron chi connectivity index (χ0n) is 13.6. The summed E-state index contributed by atoms with van der Waals surface area (Å²) >= 11 is 0. The van der Waals surface area contributed by atoms with Crippen LogP contribution < -0.4 is 5.32 Å². The third kappa shape index (κ3) is 4.28. The van der Waals surface area contributed by atoms with Gasteiger partial charge in [0.1, 0.15) is 18.0 Å². The number of aliphatic hydroxyl groups is 1. The van der Waals surface area contributed by atoms with Crippen molar-refractivity contribution in [3.05, 3.63) is 83.4 Å². The number of benzene rings is 2. The molecule has 2 N–H and O–H groups in total. The monoisotopic (exact) mass is 358 g/mol. The maximum atomic E-state index is 13.5. The van der Waals surface area contributed by atoms with Gasteiger partial charge in [-0.15, -0.1) is 5.10 Å². The summed E-state index contributed by atoms with van der Waals surface area (Å²) in [7, 11) is 0. The summed E-state index contributed by atoms with van der Waals surface area (Å²) in [5.74, 6) is -1.44. The van der Waals surface area contributed by atoms with Crippen LogP contribution in [-0.2, 0) is 13.1 Å². The SMILES string of the molecule is O=C(NCc1ccccc1F)c1ncn(C[C@H](O)c2ccc(F)cc2)n1. The van der Waals surface area contributed by atoms with Crippen molar-refractivity contribution < 1.29 is 18.7 Å². The van der Waals surface area contributed by atoms with Crippen LogP contribution in [0.15, 0.2) is 54.9 Å². The van der Waals surface area contributed by atoms with Gasteiger partial charge in [0.2, 0.25) is 5.82 Å². The Labute approximate surface area is 148 Å². The van der Waals surface area contributed by atoms with Crippen molar-refractivity contribution in [2.24, 2.45) is 0 Å². The fraction of sp³-hybridized carbons (Fsp3) is 0.167. The molecule has 26 heavy (non-hydrogen) atoms. The number of nitrogens with zero attached hydrogens (tertiary/aromatic N) is 3. The number of aromatic nitrogens is 3. The second-order valence-electron chi connectivity index (χ2n) is 5.63. The van der Waals surface area contributed by atoms with E-state index in [4.69, 9.17) is 0 Å². The zero-order valence-corrected chi connectivity index (χ0v) is 13.6. The van der Waals surface area contributed by atoms with Gasteiger partial charge in [0, 0.05) is 12.1 Å². The van der Waals surface area contributed by atoms with E-state index in [0.29, 0.717) is 11.1 Å². The van der Waals surface area contributed by atoms with Gasteiger partial charge >= 0.3 is 0 Å². The Hall–Kier alpha value is -3.13. The molecule has 0 fully saturated rings. The molecule has 0 radical (unpaired) electrons. The van der Waals surface area contributed by atoms with E-state index in [0.717, 1.165) is 0 Å². The van der Waals surface area contributed by atoms with E-state index in [1.165, 1.54) is 41.3 Å². The van der Waals surface area contributed by atoms with Gasteiger partial charge in [0.15, 0.2) is 0 Å². The summed E-state index contributed by atoms with van der Waals surface area (Å²) in [6, 6.07) is 11.6. The first kappa shape index (κ1) is 17.7. The largest absolute Gasteiger partial charge is 0.386 e. The van der Waals surface area contributed by atoms with E-state index < -0.39 is 23.6 Å². The summed E-state index contributed by atoms with van der Waals surface area (Å²) in [6.45, 7) is 0.0669. The number of amides is 1. The molecule has 1 heterocycles. The van der Waals surface area contributed by atoms with Crippen LogP contribution in [-0.4, -0.2) is 25.8 Å². The smallest absolute Gasteiger partial charge is 0.291 e. The van der Waals surface area contributed by atoms with Crippen molar-refractivity contribution >= 4 is 5.91 Å². The normalized spacial score (nSPS) is 12.0. The lowest BCUT2D eigenvalue weighted by molar-refractivity contribution is 0.0938. The summed E-state index contributed by atoms with van der Waals surface area (Å²) in [6.07, 6.45) is 0.386. The van der Waals surface area contributed by atoms with Crippen LogP contribution in [0.3, 0.4) is 0 Å². The molecule has 6 nitrogen and oxygen atoms in total. The molecule has 3 aromatic rings. The molecular formula is C18H16F2N4O2. The highest BCUT2D eigenvalue weighted by molar-refractivity contribution is 5.90. The summed E-state index contributed by atoms with van der Waals surface area (Å²) in [5.41, 5.74) is 0.875. The Morgan fingerprint density at radius 2 is 1.88 bits per heavy atom. The highest BCUT2D eigenvalue weighted by Crippen LogP contribution is 2.15. The Morgan fingerprint density at radius 3 is 2.62 bits per heavy atom. The van der Waals surface area contributed by atoms with Crippen molar-refractivity contribution in [1.29, 1.82) is 0 Å². The van der Waals surface area contributed by atoms with Crippen LogP contribution in [0.25, 0.3) is 0 Å². The van der Waals surface area contributed by atoms with Crippen molar-refractivity contribution in [1.82, 2.24) is 20.1 Å². The molecular weight excluding hydrogens is 342 g/mol. The van der Waals surface area contributed by atoms with E-state index >= 15 is 0 Å². The van der Waals surface area contributed by atoms with Gasteiger partial charge in [-0.1, -0.05) is 30.3 Å². The summed E-state index contributed by atoms with van der Waals surface area (Å²) in [5, 5.41) is 16.7. The molecule has 0 saturated carbocycles. The average Bonchev–Trinajstić information content (AvgIpc) is 3.10. The van der Waals surface area contributed by atoms with E-state index in [9.17, 15) is 18.7 Å². The first-order valence-corrected chi connectivity index (χ1v) is 7.87. The van der Waals surface area contributed by atoms with E-state index in [-0.39, 0.29) is 18.9 Å². The van der Waals surface area contributed by atoms with Crippen LogP contribution in [0.2, 0.25) is 0 Å². The Kier molecular flexibility index (Phi) is 5.33. The first-order chi connectivity index (χ1) is 12.5. The van der Waals surface area contributed by atoms with Crippen LogP contribution in [0, 0.1) is 11.6 Å². The third-order valence-corrected chi connectivity index (χ3v) is 3.75. The lowest BCUT2D eigenvalue weighted by Gasteiger charge is -2.10. The summed E-state index contributed by atoms with van der Waals surface area (Å²) in [4.78, 5) is 15.9. The molecule has 8 heteroatoms. The lowest BCUT2D eigenvalue weighted by Crippen LogP contribution is -2.24. The number of hydrogen-bond donors (Lipinski definition) is 2. The molecule has 1 amide bonds. The summed E-state index contributed by atoms with van der Waals surface area (Å²) < 4.78 is 27.8. The van der Waals surface area contributed by atoms with Gasteiger partial charge in [-0.05, 0) is 23.8 Å². The van der Waals surface area contributed by atoms with Crippen LogP contribution >= 0.6 is 0 Å². The van der Waals surface area contributed by atoms with Crippen LogP contribution in [0.1, 0.15) is 27.8 Å². The second kappa shape index (κ2) is 7.83. The minimum absolute atomic E-state index is 0.0122. The van der Waals surface area contributed by atoms with Crippen LogP contribution in [0.5, 0.6) is 0 Å². The molecule has 3 rings (SSSR count). The number of rotatable bonds is 6.